The van der Waals surface area contributed by atoms with Gasteiger partial charge in [0.1, 0.15) is 5.60 Å². The summed E-state index contributed by atoms with van der Waals surface area (Å²) in [5, 5.41) is 9.55. The quantitative estimate of drug-likeness (QED) is 0.368. The number of carbonyl (C=O) groups is 1. The van der Waals surface area contributed by atoms with Crippen molar-refractivity contribution in [2.45, 2.75) is 71.9 Å². The number of sulfonamides is 1. The van der Waals surface area contributed by atoms with E-state index in [-0.39, 0.29) is 5.92 Å². The van der Waals surface area contributed by atoms with Gasteiger partial charge in [-0.2, -0.15) is 0 Å². The van der Waals surface area contributed by atoms with Gasteiger partial charge in [-0.1, -0.05) is 13.8 Å². The van der Waals surface area contributed by atoms with Crippen LogP contribution in [-0.2, 0) is 14.8 Å². The van der Waals surface area contributed by atoms with Crippen LogP contribution in [0.1, 0.15) is 60.8 Å². The first-order valence-corrected chi connectivity index (χ1v) is 12.7. The van der Waals surface area contributed by atoms with Gasteiger partial charge in [0.25, 0.3) is 0 Å². The number of rotatable bonds is 9. The maximum absolute atomic E-state index is 12.3. The second-order valence-corrected chi connectivity index (χ2v) is 10.9. The minimum atomic E-state index is -3.14. The van der Waals surface area contributed by atoms with Gasteiger partial charge in [0, 0.05) is 26.2 Å². The van der Waals surface area contributed by atoms with Crippen LogP contribution >= 0.6 is 0 Å². The minimum Gasteiger partial charge on any atom is -0.444 e. The molecule has 0 saturated carbocycles. The molecule has 0 aliphatic carbocycles. The monoisotopic (exact) mass is 447 g/mol. The molecule has 30 heavy (non-hydrogen) atoms. The second kappa shape index (κ2) is 11.2. The molecule has 1 fully saturated rings. The summed E-state index contributed by atoms with van der Waals surface area (Å²) >= 11 is 0. The summed E-state index contributed by atoms with van der Waals surface area (Å²) in [4.78, 5) is 17.0. The summed E-state index contributed by atoms with van der Waals surface area (Å²) in [6.07, 6.45) is 3.08. The van der Waals surface area contributed by atoms with Gasteiger partial charge in [-0.15, -0.1) is 0 Å². The molecule has 9 nitrogen and oxygen atoms in total. The van der Waals surface area contributed by atoms with Gasteiger partial charge in [-0.3, -0.25) is 4.99 Å². The summed E-state index contributed by atoms with van der Waals surface area (Å²) in [5.74, 6) is 0.901. The van der Waals surface area contributed by atoms with Gasteiger partial charge in [-0.25, -0.2) is 17.5 Å². The Morgan fingerprint density at radius 3 is 2.27 bits per heavy atom. The van der Waals surface area contributed by atoms with Crippen molar-refractivity contribution in [2.24, 2.45) is 10.9 Å². The minimum absolute atomic E-state index is 0.241. The summed E-state index contributed by atoms with van der Waals surface area (Å²) in [6.45, 7) is 14.4. The number of guanidine groups is 1. The first kappa shape index (κ1) is 26.5. The molecule has 1 heterocycles. The van der Waals surface area contributed by atoms with E-state index in [1.54, 1.807) is 0 Å². The number of nitrogens with zero attached hydrogens (tertiary/aromatic N) is 2. The Balaban J connectivity index is 2.74. The Morgan fingerprint density at radius 2 is 1.80 bits per heavy atom. The molecule has 0 aromatic carbocycles. The molecule has 1 saturated heterocycles. The van der Waals surface area contributed by atoms with E-state index in [1.807, 2.05) is 41.5 Å². The molecule has 1 amide bonds. The summed E-state index contributed by atoms with van der Waals surface area (Å²) in [6, 6.07) is 0. The Kier molecular flexibility index (Phi) is 9.87. The van der Waals surface area contributed by atoms with Crippen LogP contribution < -0.4 is 16.0 Å². The van der Waals surface area contributed by atoms with Gasteiger partial charge < -0.3 is 20.7 Å². The van der Waals surface area contributed by atoms with Crippen LogP contribution in [0.2, 0.25) is 0 Å². The van der Waals surface area contributed by atoms with Crippen LogP contribution in [0, 0.1) is 5.92 Å². The molecule has 0 aromatic heterocycles. The summed E-state index contributed by atoms with van der Waals surface area (Å²) in [5.41, 5.74) is -1.05. The molecule has 3 N–H and O–H groups in total. The average molecular weight is 448 g/mol. The molecule has 0 radical (unpaired) electrons. The Hall–Kier alpha value is -1.55. The fraction of sp³-hybridized carbons (Fsp3) is 0.900. The van der Waals surface area contributed by atoms with Crippen molar-refractivity contribution in [3.63, 3.8) is 0 Å². The van der Waals surface area contributed by atoms with Crippen molar-refractivity contribution in [3.8, 4) is 0 Å². The molecule has 1 aliphatic rings. The van der Waals surface area contributed by atoms with Crippen LogP contribution in [0.3, 0.4) is 0 Å². The van der Waals surface area contributed by atoms with Crippen LogP contribution in [0.15, 0.2) is 4.99 Å². The predicted molar refractivity (Wildman–Crippen MR) is 121 cm³/mol. The molecule has 10 heteroatoms. The van der Waals surface area contributed by atoms with E-state index in [2.05, 4.69) is 16.0 Å². The molecule has 0 bridgehead atoms. The van der Waals surface area contributed by atoms with Crippen LogP contribution in [0.5, 0.6) is 0 Å². The Morgan fingerprint density at radius 1 is 1.17 bits per heavy atom. The number of carbonyl (C=O) groups excluding carboxylic acids is 1. The highest BCUT2D eigenvalue weighted by molar-refractivity contribution is 7.88. The molecule has 1 atom stereocenters. The van der Waals surface area contributed by atoms with Crippen LogP contribution in [0.25, 0.3) is 0 Å². The van der Waals surface area contributed by atoms with Crippen molar-refractivity contribution in [1.29, 1.82) is 0 Å². The number of nitrogens with one attached hydrogen (secondary N) is 3. The van der Waals surface area contributed by atoms with Crippen LogP contribution in [-0.4, -0.2) is 74.9 Å². The van der Waals surface area contributed by atoms with Gasteiger partial charge in [0.15, 0.2) is 5.96 Å². The Bertz CT molecular complexity index is 684. The first-order valence-electron chi connectivity index (χ1n) is 10.8. The highest BCUT2D eigenvalue weighted by atomic mass is 32.2. The fourth-order valence-corrected chi connectivity index (χ4v) is 4.21. The molecule has 1 rings (SSSR count). The molecule has 1 aliphatic heterocycles. The topological polar surface area (TPSA) is 112 Å². The largest absolute Gasteiger partial charge is 0.444 e. The molecular formula is C20H41N5O4S. The average Bonchev–Trinajstić information content (AvgIpc) is 3.11. The number of aliphatic imine (C=N–C) groups is 1. The number of ether oxygens (including phenoxy) is 1. The third-order valence-electron chi connectivity index (χ3n) is 5.28. The molecule has 0 aromatic rings. The summed E-state index contributed by atoms with van der Waals surface area (Å²) in [7, 11) is -3.14. The van der Waals surface area contributed by atoms with Gasteiger partial charge in [0.2, 0.25) is 10.0 Å². The van der Waals surface area contributed by atoms with Crippen molar-refractivity contribution >= 4 is 22.1 Å². The van der Waals surface area contributed by atoms with Gasteiger partial charge in [0.05, 0.1) is 18.3 Å². The van der Waals surface area contributed by atoms with Gasteiger partial charge in [-0.05, 0) is 52.9 Å². The lowest BCUT2D eigenvalue weighted by atomic mass is 9.93. The van der Waals surface area contributed by atoms with E-state index >= 15 is 0 Å². The third-order valence-corrected chi connectivity index (χ3v) is 6.55. The molecule has 176 valence electrons. The van der Waals surface area contributed by atoms with Crippen LogP contribution in [0.4, 0.5) is 4.79 Å². The van der Waals surface area contributed by atoms with Crippen molar-refractivity contribution < 1.29 is 17.9 Å². The van der Waals surface area contributed by atoms with E-state index in [1.165, 1.54) is 10.6 Å². The van der Waals surface area contributed by atoms with Crippen molar-refractivity contribution in [3.05, 3.63) is 0 Å². The zero-order valence-electron chi connectivity index (χ0n) is 19.7. The maximum Gasteiger partial charge on any atom is 0.408 e. The lowest BCUT2D eigenvalue weighted by Crippen LogP contribution is -2.52. The SMILES string of the molecule is CCNC(=NCC(CC)(CC)NC(=O)OC(C)(C)C)NCC1CCN(S(C)(=O)=O)C1. The fourth-order valence-electron chi connectivity index (χ4n) is 3.29. The van der Waals surface area contributed by atoms with E-state index in [4.69, 9.17) is 9.73 Å². The number of alkyl carbamates (subject to hydrolysis) is 1. The standard InChI is InChI=1S/C20H41N5O4S/c1-8-20(9-2,24-18(26)29-19(4,5)6)15-23-17(21-10-3)22-13-16-11-12-25(14-16)30(7,27)28/h16H,8-15H2,1-7H3,(H,24,26)(H2,21,22,23). The second-order valence-electron chi connectivity index (χ2n) is 8.97. The number of hydrogen-bond acceptors (Lipinski definition) is 5. The lowest BCUT2D eigenvalue weighted by Gasteiger charge is -2.32. The zero-order chi connectivity index (χ0) is 23.0. The van der Waals surface area contributed by atoms with E-state index < -0.39 is 27.3 Å². The molecule has 0 spiro atoms. The smallest absolute Gasteiger partial charge is 0.408 e. The van der Waals surface area contributed by atoms with Crippen molar-refractivity contribution in [1.82, 2.24) is 20.3 Å². The summed E-state index contributed by atoms with van der Waals surface area (Å²) < 4.78 is 30.3. The predicted octanol–water partition coefficient (Wildman–Crippen LogP) is 1.91. The van der Waals surface area contributed by atoms with E-state index in [9.17, 15) is 13.2 Å². The highest BCUT2D eigenvalue weighted by Crippen LogP contribution is 2.19. The van der Waals surface area contributed by atoms with Gasteiger partial charge >= 0.3 is 6.09 Å². The molecule has 1 unspecified atom stereocenters. The zero-order valence-corrected chi connectivity index (χ0v) is 20.5. The third kappa shape index (κ3) is 9.07. The molecular weight excluding hydrogens is 406 g/mol. The number of amides is 1. The maximum atomic E-state index is 12.3. The normalized spacial score (nSPS) is 18.9. The number of hydrogen-bond donors (Lipinski definition) is 3. The first-order chi connectivity index (χ1) is 13.8. The highest BCUT2D eigenvalue weighted by Gasteiger charge is 2.31. The lowest BCUT2D eigenvalue weighted by molar-refractivity contribution is 0.0452. The van der Waals surface area contributed by atoms with Crippen molar-refractivity contribution in [2.75, 3.05) is 39.0 Å². The Labute approximate surface area is 182 Å². The van der Waals surface area contributed by atoms with E-state index in [0.29, 0.717) is 38.7 Å². The van der Waals surface area contributed by atoms with E-state index in [0.717, 1.165) is 19.3 Å².